The van der Waals surface area contributed by atoms with Gasteiger partial charge in [0.05, 0.1) is 22.5 Å². The summed E-state index contributed by atoms with van der Waals surface area (Å²) in [4.78, 5) is 29.5. The van der Waals surface area contributed by atoms with Gasteiger partial charge in [-0.05, 0) is 48.5 Å². The van der Waals surface area contributed by atoms with E-state index in [0.717, 1.165) is 10.5 Å². The largest absolute Gasteiger partial charge is 0.478 e. The normalized spacial score (nSPS) is 10.7. The molecule has 0 fully saturated rings. The number of rotatable bonds is 6. The van der Waals surface area contributed by atoms with Crippen molar-refractivity contribution in [2.45, 2.75) is 4.90 Å². The highest BCUT2D eigenvalue weighted by molar-refractivity contribution is 8.00. The smallest absolute Gasteiger partial charge is 0.336 e. The Labute approximate surface area is 188 Å². The summed E-state index contributed by atoms with van der Waals surface area (Å²) in [6, 6.07) is 23.2. The van der Waals surface area contributed by atoms with E-state index in [4.69, 9.17) is 11.6 Å². The Morgan fingerprint density at radius 3 is 2.39 bits per heavy atom. The van der Waals surface area contributed by atoms with Crippen molar-refractivity contribution in [1.29, 1.82) is 0 Å². The van der Waals surface area contributed by atoms with Crippen LogP contribution in [0.15, 0.2) is 83.8 Å². The van der Waals surface area contributed by atoms with Crippen LogP contribution >= 0.6 is 23.4 Å². The monoisotopic (exact) mass is 448 g/mol. The lowest BCUT2D eigenvalue weighted by atomic mass is 10.0. The highest BCUT2D eigenvalue weighted by atomic mass is 35.5. The van der Waals surface area contributed by atoms with E-state index in [2.05, 4.69) is 10.3 Å². The first kappa shape index (κ1) is 20.9. The number of fused-ring (bicyclic) bond motifs is 1. The Morgan fingerprint density at radius 1 is 0.968 bits per heavy atom. The topological polar surface area (TPSA) is 79.3 Å². The summed E-state index contributed by atoms with van der Waals surface area (Å²) in [5.74, 6) is -0.843. The molecule has 0 aliphatic heterocycles. The van der Waals surface area contributed by atoms with Gasteiger partial charge in [0.1, 0.15) is 0 Å². The Balaban J connectivity index is 1.47. The van der Waals surface area contributed by atoms with Gasteiger partial charge in [-0.15, -0.1) is 11.8 Å². The lowest BCUT2D eigenvalue weighted by Gasteiger charge is -2.09. The van der Waals surface area contributed by atoms with Crippen molar-refractivity contribution in [2.75, 3.05) is 11.1 Å². The summed E-state index contributed by atoms with van der Waals surface area (Å²) in [7, 11) is 0. The molecule has 154 valence electrons. The van der Waals surface area contributed by atoms with Crippen molar-refractivity contribution in [3.8, 4) is 11.3 Å². The molecule has 0 spiro atoms. The van der Waals surface area contributed by atoms with Crippen molar-refractivity contribution < 1.29 is 14.7 Å². The van der Waals surface area contributed by atoms with Crippen LogP contribution in [0.5, 0.6) is 0 Å². The zero-order chi connectivity index (χ0) is 21.8. The number of aromatic nitrogens is 1. The van der Waals surface area contributed by atoms with E-state index in [-0.39, 0.29) is 17.2 Å². The summed E-state index contributed by atoms with van der Waals surface area (Å²) in [6.45, 7) is 0. The fraction of sp³-hybridized carbons (Fsp3) is 0.0417. The van der Waals surface area contributed by atoms with Gasteiger partial charge in [0.15, 0.2) is 0 Å². The number of halogens is 1. The van der Waals surface area contributed by atoms with E-state index < -0.39 is 5.97 Å². The van der Waals surface area contributed by atoms with E-state index in [1.807, 2.05) is 30.3 Å². The van der Waals surface area contributed by atoms with Crippen LogP contribution in [-0.4, -0.2) is 27.7 Å². The maximum Gasteiger partial charge on any atom is 0.336 e. The molecule has 0 radical (unpaired) electrons. The maximum absolute atomic E-state index is 12.2. The van der Waals surface area contributed by atoms with E-state index >= 15 is 0 Å². The van der Waals surface area contributed by atoms with Crippen LogP contribution in [-0.2, 0) is 4.79 Å². The summed E-state index contributed by atoms with van der Waals surface area (Å²) < 4.78 is 0. The number of benzene rings is 3. The summed E-state index contributed by atoms with van der Waals surface area (Å²) >= 11 is 7.29. The molecule has 7 heteroatoms. The van der Waals surface area contributed by atoms with Crippen LogP contribution in [0.2, 0.25) is 5.02 Å². The molecule has 0 bridgehead atoms. The summed E-state index contributed by atoms with van der Waals surface area (Å²) in [6.07, 6.45) is 0. The SMILES string of the molecule is O=C(CSc1ccc(Cl)cc1)Nc1ccc(-c2cc(C(=O)O)c3ccccc3n2)cc1. The van der Waals surface area contributed by atoms with Gasteiger partial charge in [0.25, 0.3) is 0 Å². The second kappa shape index (κ2) is 9.20. The summed E-state index contributed by atoms with van der Waals surface area (Å²) in [5, 5.41) is 13.7. The number of hydrogen-bond donors (Lipinski definition) is 2. The maximum atomic E-state index is 12.2. The number of anilines is 1. The number of pyridine rings is 1. The number of hydrogen-bond acceptors (Lipinski definition) is 4. The molecule has 1 aromatic heterocycles. The van der Waals surface area contributed by atoms with Crippen LogP contribution in [0.1, 0.15) is 10.4 Å². The van der Waals surface area contributed by atoms with Crippen molar-refractivity contribution in [2.24, 2.45) is 0 Å². The highest BCUT2D eigenvalue weighted by Crippen LogP contribution is 2.26. The standard InChI is InChI=1S/C24H17ClN2O3S/c25-16-7-11-18(12-8-16)31-14-23(28)26-17-9-5-15(6-10-17)22-13-20(24(29)30)19-3-1-2-4-21(19)27-22/h1-13H,14H2,(H,26,28)(H,29,30). The van der Waals surface area contributed by atoms with Crippen LogP contribution in [0, 0.1) is 0 Å². The highest BCUT2D eigenvalue weighted by Gasteiger charge is 2.13. The quantitative estimate of drug-likeness (QED) is 0.354. The molecule has 0 saturated heterocycles. The van der Waals surface area contributed by atoms with Gasteiger partial charge in [0.2, 0.25) is 5.91 Å². The number of aromatic carboxylic acids is 1. The fourth-order valence-corrected chi connectivity index (χ4v) is 3.93. The summed E-state index contributed by atoms with van der Waals surface area (Å²) in [5.41, 5.74) is 2.81. The number of amides is 1. The molecule has 3 aromatic carbocycles. The predicted molar refractivity (Wildman–Crippen MR) is 125 cm³/mol. The van der Waals surface area contributed by atoms with Crippen LogP contribution in [0.4, 0.5) is 5.69 Å². The van der Waals surface area contributed by atoms with Crippen molar-refractivity contribution in [3.05, 3.63) is 89.4 Å². The van der Waals surface area contributed by atoms with Gasteiger partial charge in [-0.1, -0.05) is 41.9 Å². The van der Waals surface area contributed by atoms with Crippen LogP contribution in [0.3, 0.4) is 0 Å². The lowest BCUT2D eigenvalue weighted by molar-refractivity contribution is -0.113. The third-order valence-electron chi connectivity index (χ3n) is 4.59. The number of carbonyl (C=O) groups is 2. The number of nitrogens with zero attached hydrogens (tertiary/aromatic N) is 1. The molecule has 0 saturated carbocycles. The van der Waals surface area contributed by atoms with E-state index in [1.165, 1.54) is 11.8 Å². The Hall–Kier alpha value is -3.35. The molecule has 0 aliphatic rings. The first-order valence-electron chi connectivity index (χ1n) is 9.41. The molecule has 0 unspecified atom stereocenters. The van der Waals surface area contributed by atoms with Gasteiger partial charge in [-0.3, -0.25) is 4.79 Å². The minimum atomic E-state index is -0.998. The van der Waals surface area contributed by atoms with Crippen LogP contribution < -0.4 is 5.32 Å². The zero-order valence-electron chi connectivity index (χ0n) is 16.2. The number of nitrogens with one attached hydrogen (secondary N) is 1. The average molecular weight is 449 g/mol. The second-order valence-corrected chi connectivity index (χ2v) is 8.23. The lowest BCUT2D eigenvalue weighted by Crippen LogP contribution is -2.13. The number of para-hydroxylation sites is 1. The predicted octanol–water partition coefficient (Wildman–Crippen LogP) is 5.98. The second-order valence-electron chi connectivity index (χ2n) is 6.75. The number of thioether (sulfide) groups is 1. The molecule has 4 aromatic rings. The number of carboxylic acid groups (broad SMARTS) is 1. The molecule has 0 atom stereocenters. The minimum Gasteiger partial charge on any atom is -0.478 e. The van der Waals surface area contributed by atoms with Crippen molar-refractivity contribution >= 4 is 51.8 Å². The Bertz CT molecular complexity index is 1260. The van der Waals surface area contributed by atoms with Gasteiger partial charge in [-0.2, -0.15) is 0 Å². The van der Waals surface area contributed by atoms with Gasteiger partial charge in [0, 0.05) is 26.6 Å². The molecule has 1 heterocycles. The minimum absolute atomic E-state index is 0.121. The number of carbonyl (C=O) groups excluding carboxylic acids is 1. The first-order valence-corrected chi connectivity index (χ1v) is 10.8. The molecular weight excluding hydrogens is 432 g/mol. The molecular formula is C24H17ClN2O3S. The van der Waals surface area contributed by atoms with Crippen molar-refractivity contribution in [1.82, 2.24) is 4.98 Å². The van der Waals surface area contributed by atoms with E-state index in [0.29, 0.717) is 27.3 Å². The first-order chi connectivity index (χ1) is 15.0. The number of carboxylic acids is 1. The zero-order valence-corrected chi connectivity index (χ0v) is 17.8. The third kappa shape index (κ3) is 5.05. The molecule has 5 nitrogen and oxygen atoms in total. The molecule has 31 heavy (non-hydrogen) atoms. The average Bonchev–Trinajstić information content (AvgIpc) is 2.78. The molecule has 2 N–H and O–H groups in total. The molecule has 4 rings (SSSR count). The fourth-order valence-electron chi connectivity index (χ4n) is 3.10. The third-order valence-corrected chi connectivity index (χ3v) is 5.86. The van der Waals surface area contributed by atoms with E-state index in [1.54, 1.807) is 48.5 Å². The van der Waals surface area contributed by atoms with Crippen LogP contribution in [0.25, 0.3) is 22.2 Å². The van der Waals surface area contributed by atoms with E-state index in [9.17, 15) is 14.7 Å². The Kier molecular flexibility index (Phi) is 6.21. The van der Waals surface area contributed by atoms with Gasteiger partial charge in [-0.25, -0.2) is 9.78 Å². The van der Waals surface area contributed by atoms with Gasteiger partial charge >= 0.3 is 5.97 Å². The van der Waals surface area contributed by atoms with Gasteiger partial charge < -0.3 is 10.4 Å². The Morgan fingerprint density at radius 2 is 1.68 bits per heavy atom. The van der Waals surface area contributed by atoms with Crippen molar-refractivity contribution in [3.63, 3.8) is 0 Å². The molecule has 1 amide bonds. The molecule has 0 aliphatic carbocycles.